The van der Waals surface area contributed by atoms with Crippen LogP contribution in [-0.2, 0) is 5.67 Å². The zero-order chi connectivity index (χ0) is 21.3. The van der Waals surface area contributed by atoms with E-state index in [0.717, 1.165) is 40.2 Å². The van der Waals surface area contributed by atoms with Crippen LogP contribution >= 0.6 is 0 Å². The predicted octanol–water partition coefficient (Wildman–Crippen LogP) is 6.77. The zero-order valence-corrected chi connectivity index (χ0v) is 18.8. The number of fused-ring (bicyclic) bond motifs is 3. The minimum Gasteiger partial charge on any atom is -0.301 e. The maximum Gasteiger partial charge on any atom is 0.162 e. The van der Waals surface area contributed by atoms with Crippen LogP contribution in [-0.4, -0.2) is 24.1 Å². The number of hydrazone groups is 1. The molecule has 0 aromatic heterocycles. The summed E-state index contributed by atoms with van der Waals surface area (Å²) in [6.07, 6.45) is 1.20. The van der Waals surface area contributed by atoms with E-state index in [1.807, 2.05) is 64.9 Å². The van der Waals surface area contributed by atoms with Gasteiger partial charge in [-0.2, -0.15) is 5.10 Å². The lowest BCUT2D eigenvalue weighted by Crippen LogP contribution is -2.57. The summed E-state index contributed by atoms with van der Waals surface area (Å²) >= 11 is 0. The molecule has 0 fully saturated rings. The highest BCUT2D eigenvalue weighted by Crippen LogP contribution is 2.57. The highest BCUT2D eigenvalue weighted by Gasteiger charge is 2.56. The van der Waals surface area contributed by atoms with Crippen LogP contribution in [0.25, 0.3) is 11.1 Å². The third-order valence-electron chi connectivity index (χ3n) is 6.21. The van der Waals surface area contributed by atoms with Gasteiger partial charge in [-0.15, -0.1) is 0 Å². The van der Waals surface area contributed by atoms with Crippen molar-refractivity contribution in [3.05, 3.63) is 53.6 Å². The maximum absolute atomic E-state index is 16.4. The molecule has 0 amide bonds. The first-order chi connectivity index (χ1) is 14.1. The molecule has 0 N–H and O–H groups in total. The van der Waals surface area contributed by atoms with Gasteiger partial charge in [0.05, 0.1) is 5.69 Å². The highest BCUT2D eigenvalue weighted by molar-refractivity contribution is 6.20. The predicted molar refractivity (Wildman–Crippen MR) is 122 cm³/mol. The number of hydrogen-bond acceptors (Lipinski definition) is 3. The van der Waals surface area contributed by atoms with Crippen LogP contribution in [0.5, 0.6) is 0 Å². The second-order valence-electron chi connectivity index (χ2n) is 7.26. The molecule has 0 aliphatic carbocycles. The van der Waals surface area contributed by atoms with Crippen molar-refractivity contribution in [1.82, 2.24) is 5.01 Å². The Morgan fingerprint density at radius 3 is 2.17 bits per heavy atom. The molecule has 3 aliphatic rings. The van der Waals surface area contributed by atoms with E-state index in [2.05, 4.69) is 36.1 Å². The summed E-state index contributed by atoms with van der Waals surface area (Å²) in [6.45, 7) is 12.1. The number of halogens is 1. The van der Waals surface area contributed by atoms with Crippen LogP contribution in [0, 0.1) is 5.92 Å². The molecular weight excluding hydrogens is 361 g/mol. The first-order valence-electron chi connectivity index (χ1n) is 11.1. The van der Waals surface area contributed by atoms with E-state index in [1.54, 1.807) is 0 Å². The van der Waals surface area contributed by atoms with Crippen LogP contribution < -0.4 is 4.90 Å². The molecule has 3 heterocycles. The Hall–Kier alpha value is -2.36. The summed E-state index contributed by atoms with van der Waals surface area (Å²) in [4.78, 5) is 2.29. The van der Waals surface area contributed by atoms with Crippen LogP contribution in [0.2, 0.25) is 0 Å². The van der Waals surface area contributed by atoms with Gasteiger partial charge in [0.15, 0.2) is 5.84 Å². The number of para-hydroxylation sites is 1. The molecule has 5 rings (SSSR count). The van der Waals surface area contributed by atoms with Gasteiger partial charge in [-0.1, -0.05) is 84.0 Å². The molecule has 0 radical (unpaired) electrons. The molecule has 3 aliphatic heterocycles. The maximum atomic E-state index is 16.4. The van der Waals surface area contributed by atoms with E-state index < -0.39 is 5.67 Å². The van der Waals surface area contributed by atoms with E-state index in [-0.39, 0.29) is 12.1 Å². The second-order valence-corrected chi connectivity index (χ2v) is 7.26. The van der Waals surface area contributed by atoms with Crippen molar-refractivity contribution in [3.63, 3.8) is 0 Å². The summed E-state index contributed by atoms with van der Waals surface area (Å²) in [5.41, 5.74) is 3.93. The highest BCUT2D eigenvalue weighted by atomic mass is 19.1. The SMILES string of the molecule is CC.CC.CCC1C2N(C)N=C3c4ccccc4-c4cccc(c4N32)C1(F)CC. The van der Waals surface area contributed by atoms with Crippen molar-refractivity contribution < 1.29 is 4.39 Å². The lowest BCUT2D eigenvalue weighted by atomic mass is 9.71. The van der Waals surface area contributed by atoms with Crippen LogP contribution in [0.15, 0.2) is 47.6 Å². The molecule has 3 unspecified atom stereocenters. The number of rotatable bonds is 2. The van der Waals surface area contributed by atoms with Crippen LogP contribution in [0.1, 0.15) is 65.5 Å². The molecule has 2 aromatic rings. The third kappa shape index (κ3) is 2.79. The molecular formula is C25H34FN3. The van der Waals surface area contributed by atoms with Gasteiger partial charge in [0, 0.05) is 29.7 Å². The quantitative estimate of drug-likeness (QED) is 0.558. The Balaban J connectivity index is 0.000000568. The number of anilines is 1. The number of nitrogens with zero attached hydrogens (tertiary/aromatic N) is 3. The van der Waals surface area contributed by atoms with Crippen molar-refractivity contribution in [3.8, 4) is 11.1 Å². The Bertz CT molecular complexity index is 907. The van der Waals surface area contributed by atoms with Crippen molar-refractivity contribution in [2.24, 2.45) is 11.0 Å². The second kappa shape index (κ2) is 8.17. The monoisotopic (exact) mass is 395 g/mol. The lowest BCUT2D eigenvalue weighted by molar-refractivity contribution is 0.0107. The number of amidine groups is 1. The standard InChI is InChI=1S/C21H22FN3.2C2H6/c1-4-16-20-24(3)23-19-15-10-7-6-9-13(15)14-11-8-12-17(18(14)25(19)20)21(16,22)5-2;2*1-2/h6-12,16,20H,4-5H2,1-3H3;2*1-2H3. The zero-order valence-electron chi connectivity index (χ0n) is 18.8. The van der Waals surface area contributed by atoms with Gasteiger partial charge < -0.3 is 4.90 Å². The minimum absolute atomic E-state index is 0.0630. The van der Waals surface area contributed by atoms with Gasteiger partial charge in [-0.05, 0) is 18.4 Å². The molecule has 2 aromatic carbocycles. The van der Waals surface area contributed by atoms with E-state index in [4.69, 9.17) is 5.10 Å². The summed E-state index contributed by atoms with van der Waals surface area (Å²) in [5.74, 6) is 0.844. The number of alkyl halides is 1. The largest absolute Gasteiger partial charge is 0.301 e. The summed E-state index contributed by atoms with van der Waals surface area (Å²) < 4.78 is 16.4. The van der Waals surface area contributed by atoms with Gasteiger partial charge in [0.25, 0.3) is 0 Å². The first kappa shape index (κ1) is 21.4. The first-order valence-corrected chi connectivity index (χ1v) is 11.1. The van der Waals surface area contributed by atoms with Gasteiger partial charge in [-0.25, -0.2) is 4.39 Å². The summed E-state index contributed by atoms with van der Waals surface area (Å²) in [7, 11) is 1.98. The molecule has 29 heavy (non-hydrogen) atoms. The molecule has 3 atom stereocenters. The average Bonchev–Trinajstić information content (AvgIpc) is 3.14. The number of hydrogen-bond donors (Lipinski definition) is 0. The third-order valence-corrected chi connectivity index (χ3v) is 6.21. The Kier molecular flexibility index (Phi) is 6.02. The average molecular weight is 396 g/mol. The molecule has 156 valence electrons. The van der Waals surface area contributed by atoms with Crippen LogP contribution in [0.3, 0.4) is 0 Å². The van der Waals surface area contributed by atoms with Gasteiger partial charge in [0.2, 0.25) is 0 Å². The van der Waals surface area contributed by atoms with E-state index >= 15 is 4.39 Å². The molecule has 0 spiro atoms. The van der Waals surface area contributed by atoms with E-state index in [1.165, 1.54) is 0 Å². The van der Waals surface area contributed by atoms with Crippen molar-refractivity contribution >= 4 is 11.5 Å². The topological polar surface area (TPSA) is 18.8 Å². The molecule has 0 saturated heterocycles. The minimum atomic E-state index is -1.33. The van der Waals surface area contributed by atoms with Gasteiger partial charge in [-0.3, -0.25) is 5.01 Å². The fourth-order valence-corrected chi connectivity index (χ4v) is 5.10. The molecule has 3 nitrogen and oxygen atoms in total. The Morgan fingerprint density at radius 1 is 0.931 bits per heavy atom. The molecule has 0 saturated carbocycles. The van der Waals surface area contributed by atoms with E-state index in [0.29, 0.717) is 6.42 Å². The lowest BCUT2D eigenvalue weighted by Gasteiger charge is -2.50. The Morgan fingerprint density at radius 2 is 1.55 bits per heavy atom. The van der Waals surface area contributed by atoms with Crippen molar-refractivity contribution in [2.45, 2.75) is 66.2 Å². The van der Waals surface area contributed by atoms with Crippen LogP contribution in [0.4, 0.5) is 10.1 Å². The molecule has 0 bridgehead atoms. The smallest absolute Gasteiger partial charge is 0.162 e. The fourth-order valence-electron chi connectivity index (χ4n) is 5.10. The fraction of sp³-hybridized carbons (Fsp3) is 0.480. The number of benzene rings is 2. The van der Waals surface area contributed by atoms with Gasteiger partial charge in [0.1, 0.15) is 11.8 Å². The molecule has 4 heteroatoms. The summed E-state index contributed by atoms with van der Waals surface area (Å²) in [5, 5.41) is 6.81. The van der Waals surface area contributed by atoms with Crippen molar-refractivity contribution in [2.75, 3.05) is 11.9 Å². The normalized spacial score (nSPS) is 25.0. The Labute approximate surface area is 175 Å². The van der Waals surface area contributed by atoms with E-state index in [9.17, 15) is 0 Å². The van der Waals surface area contributed by atoms with Gasteiger partial charge >= 0.3 is 0 Å². The summed E-state index contributed by atoms with van der Waals surface area (Å²) in [6, 6.07) is 14.4. The van der Waals surface area contributed by atoms with Crippen molar-refractivity contribution in [1.29, 1.82) is 0 Å².